The van der Waals surface area contributed by atoms with E-state index in [9.17, 15) is 14.9 Å². The molecule has 1 aromatic heterocycles. The minimum atomic E-state index is -0.577. The predicted molar refractivity (Wildman–Crippen MR) is 75.3 cm³/mol. The maximum atomic E-state index is 12.0. The molecule has 0 fully saturated rings. The van der Waals surface area contributed by atoms with Crippen molar-refractivity contribution in [3.05, 3.63) is 51.8 Å². The summed E-state index contributed by atoms with van der Waals surface area (Å²) in [5.41, 5.74) is 3.23. The van der Waals surface area contributed by atoms with E-state index in [4.69, 9.17) is 5.84 Å². The third kappa shape index (κ3) is 3.34. The smallest absolute Gasteiger partial charge is 0.293 e. The number of benzene rings is 1. The van der Waals surface area contributed by atoms with E-state index in [0.29, 0.717) is 6.54 Å². The predicted octanol–water partition coefficient (Wildman–Crippen LogP) is 0.544. The van der Waals surface area contributed by atoms with Crippen LogP contribution in [0.2, 0.25) is 0 Å². The number of rotatable bonds is 5. The molecule has 4 N–H and O–H groups in total. The first kappa shape index (κ1) is 14.5. The Balaban J connectivity index is 2.10. The molecule has 1 aromatic carbocycles. The number of amides is 1. The fraction of sp³-hybridized carbons (Fsp3) is 0.167. The molecule has 1 amide bonds. The summed E-state index contributed by atoms with van der Waals surface area (Å²) in [5.74, 6) is 4.87. The molecule has 9 heteroatoms. The lowest BCUT2D eigenvalue weighted by Crippen LogP contribution is -2.23. The number of nitro groups is 1. The highest BCUT2D eigenvalue weighted by Gasteiger charge is 2.16. The molecule has 0 bridgehead atoms. The summed E-state index contributed by atoms with van der Waals surface area (Å²) in [6, 6.07) is 3.93. The van der Waals surface area contributed by atoms with Crippen molar-refractivity contribution in [3.63, 3.8) is 0 Å². The molecule has 0 atom stereocenters. The van der Waals surface area contributed by atoms with Gasteiger partial charge in [0.2, 0.25) is 0 Å². The maximum absolute atomic E-state index is 12.0. The summed E-state index contributed by atoms with van der Waals surface area (Å²) >= 11 is 0. The summed E-state index contributed by atoms with van der Waals surface area (Å²) in [6.45, 7) is 0.315. The van der Waals surface area contributed by atoms with Crippen molar-refractivity contribution in [2.45, 2.75) is 6.54 Å². The second kappa shape index (κ2) is 6.01. The molecule has 0 saturated heterocycles. The molecule has 9 nitrogen and oxygen atoms in total. The standard InChI is InChI=1S/C12H14N6O3/c1-17-7-8(6-15-17)5-14-12(19)9-2-3-11(18(20)21)10(4-9)16-13/h2-4,6-7,16H,5,13H2,1H3,(H,14,19). The van der Waals surface area contributed by atoms with E-state index in [0.717, 1.165) is 5.56 Å². The van der Waals surface area contributed by atoms with Crippen LogP contribution in [0.5, 0.6) is 0 Å². The van der Waals surface area contributed by atoms with E-state index < -0.39 is 4.92 Å². The minimum absolute atomic E-state index is 0.0778. The molecule has 21 heavy (non-hydrogen) atoms. The number of hydrogen-bond donors (Lipinski definition) is 3. The minimum Gasteiger partial charge on any atom is -0.348 e. The summed E-state index contributed by atoms with van der Waals surface area (Å²) in [5, 5.41) is 17.5. The zero-order chi connectivity index (χ0) is 15.4. The molecule has 2 rings (SSSR count). The van der Waals surface area contributed by atoms with Crippen LogP contribution in [0.4, 0.5) is 11.4 Å². The quantitative estimate of drug-likeness (QED) is 0.419. The van der Waals surface area contributed by atoms with Crippen LogP contribution in [0.15, 0.2) is 30.6 Å². The van der Waals surface area contributed by atoms with Gasteiger partial charge in [0.1, 0.15) is 5.69 Å². The average molecular weight is 290 g/mol. The van der Waals surface area contributed by atoms with Gasteiger partial charge in [-0.3, -0.25) is 25.4 Å². The second-order valence-corrected chi connectivity index (χ2v) is 4.34. The molecule has 1 heterocycles. The van der Waals surface area contributed by atoms with Gasteiger partial charge in [0.25, 0.3) is 11.6 Å². The Kier molecular flexibility index (Phi) is 4.14. The Bertz CT molecular complexity index is 681. The SMILES string of the molecule is Cn1cc(CNC(=O)c2ccc([N+](=O)[O-])c(NN)c2)cn1. The van der Waals surface area contributed by atoms with Crippen LogP contribution in [0, 0.1) is 10.1 Å². The van der Waals surface area contributed by atoms with E-state index in [1.807, 2.05) is 0 Å². The molecule has 0 aliphatic heterocycles. The van der Waals surface area contributed by atoms with Gasteiger partial charge in [-0.05, 0) is 12.1 Å². The lowest BCUT2D eigenvalue weighted by atomic mass is 10.1. The van der Waals surface area contributed by atoms with Gasteiger partial charge < -0.3 is 10.7 Å². The van der Waals surface area contributed by atoms with Crippen molar-refractivity contribution in [2.24, 2.45) is 12.9 Å². The number of aromatic nitrogens is 2. The van der Waals surface area contributed by atoms with Crippen LogP contribution >= 0.6 is 0 Å². The van der Waals surface area contributed by atoms with E-state index in [-0.39, 0.29) is 22.8 Å². The number of nitrogens with two attached hydrogens (primary N) is 1. The van der Waals surface area contributed by atoms with Crippen LogP contribution in [0.1, 0.15) is 15.9 Å². The number of nitro benzene ring substituents is 1. The number of hydrogen-bond acceptors (Lipinski definition) is 6. The number of nitrogen functional groups attached to an aromatic ring is 1. The summed E-state index contributed by atoms with van der Waals surface area (Å²) in [6.07, 6.45) is 3.42. The first-order valence-corrected chi connectivity index (χ1v) is 6.02. The zero-order valence-electron chi connectivity index (χ0n) is 11.2. The fourth-order valence-corrected chi connectivity index (χ4v) is 1.80. The van der Waals surface area contributed by atoms with Gasteiger partial charge >= 0.3 is 0 Å². The number of nitrogens with one attached hydrogen (secondary N) is 2. The van der Waals surface area contributed by atoms with Gasteiger partial charge in [-0.15, -0.1) is 0 Å². The molecule has 0 unspecified atom stereocenters. The van der Waals surface area contributed by atoms with Crippen LogP contribution in [0.3, 0.4) is 0 Å². The number of anilines is 1. The molecule has 0 aliphatic rings. The second-order valence-electron chi connectivity index (χ2n) is 4.34. The van der Waals surface area contributed by atoms with Gasteiger partial charge in [-0.1, -0.05) is 0 Å². The summed E-state index contributed by atoms with van der Waals surface area (Å²) in [4.78, 5) is 22.2. The third-order valence-corrected chi connectivity index (χ3v) is 2.82. The highest BCUT2D eigenvalue weighted by Crippen LogP contribution is 2.24. The van der Waals surface area contributed by atoms with E-state index in [2.05, 4.69) is 15.8 Å². The number of carbonyl (C=O) groups is 1. The molecule has 2 aromatic rings. The highest BCUT2D eigenvalue weighted by atomic mass is 16.6. The number of hydrazine groups is 1. The van der Waals surface area contributed by atoms with Crippen molar-refractivity contribution in [2.75, 3.05) is 5.43 Å². The van der Waals surface area contributed by atoms with Gasteiger partial charge in [-0.25, -0.2) is 0 Å². The first-order valence-electron chi connectivity index (χ1n) is 6.02. The van der Waals surface area contributed by atoms with Gasteiger partial charge in [0, 0.05) is 37.0 Å². The van der Waals surface area contributed by atoms with E-state index in [1.165, 1.54) is 18.2 Å². The Morgan fingerprint density at radius 1 is 1.52 bits per heavy atom. The lowest BCUT2D eigenvalue weighted by molar-refractivity contribution is -0.384. The summed E-state index contributed by atoms with van der Waals surface area (Å²) in [7, 11) is 1.78. The molecule has 0 saturated carbocycles. The fourth-order valence-electron chi connectivity index (χ4n) is 1.80. The van der Waals surface area contributed by atoms with Crippen LogP contribution in [-0.4, -0.2) is 20.6 Å². The van der Waals surface area contributed by atoms with Crippen LogP contribution < -0.4 is 16.6 Å². The van der Waals surface area contributed by atoms with Crippen LogP contribution in [-0.2, 0) is 13.6 Å². The Hall–Kier alpha value is -2.94. The zero-order valence-corrected chi connectivity index (χ0v) is 11.2. The first-order chi connectivity index (χ1) is 10.0. The Morgan fingerprint density at radius 3 is 2.86 bits per heavy atom. The van der Waals surface area contributed by atoms with E-state index >= 15 is 0 Å². The lowest BCUT2D eigenvalue weighted by Gasteiger charge is -2.06. The van der Waals surface area contributed by atoms with Crippen molar-refractivity contribution >= 4 is 17.3 Å². The van der Waals surface area contributed by atoms with Crippen molar-refractivity contribution < 1.29 is 9.72 Å². The van der Waals surface area contributed by atoms with Crippen molar-refractivity contribution in [1.29, 1.82) is 0 Å². The van der Waals surface area contributed by atoms with Gasteiger partial charge in [0.05, 0.1) is 11.1 Å². The number of carbonyl (C=O) groups excluding carboxylic acids is 1. The number of nitrogens with zero attached hydrogens (tertiary/aromatic N) is 3. The van der Waals surface area contributed by atoms with Gasteiger partial charge in [-0.2, -0.15) is 5.10 Å². The largest absolute Gasteiger partial charge is 0.348 e. The van der Waals surface area contributed by atoms with Crippen molar-refractivity contribution in [3.8, 4) is 0 Å². The van der Waals surface area contributed by atoms with E-state index in [1.54, 1.807) is 24.1 Å². The summed E-state index contributed by atoms with van der Waals surface area (Å²) < 4.78 is 1.63. The molecular formula is C12H14N6O3. The molecular weight excluding hydrogens is 276 g/mol. The molecule has 0 radical (unpaired) electrons. The monoisotopic (exact) mass is 290 g/mol. The Labute approximate surface area is 119 Å². The molecule has 110 valence electrons. The Morgan fingerprint density at radius 2 is 2.29 bits per heavy atom. The average Bonchev–Trinajstić information content (AvgIpc) is 2.89. The number of aryl methyl sites for hydroxylation is 1. The topological polar surface area (TPSA) is 128 Å². The maximum Gasteiger partial charge on any atom is 0.293 e. The highest BCUT2D eigenvalue weighted by molar-refractivity contribution is 5.95. The molecule has 0 aliphatic carbocycles. The van der Waals surface area contributed by atoms with Crippen molar-refractivity contribution in [1.82, 2.24) is 15.1 Å². The normalized spacial score (nSPS) is 10.2. The van der Waals surface area contributed by atoms with Crippen LogP contribution in [0.25, 0.3) is 0 Å². The molecule has 0 spiro atoms. The third-order valence-electron chi connectivity index (χ3n) is 2.82. The van der Waals surface area contributed by atoms with Gasteiger partial charge in [0.15, 0.2) is 0 Å².